The molecule has 2 N–H and O–H groups in total. The van der Waals surface area contributed by atoms with E-state index in [0.29, 0.717) is 18.6 Å². The molecule has 0 spiro atoms. The third kappa shape index (κ3) is 4.21. The van der Waals surface area contributed by atoms with Crippen molar-refractivity contribution in [3.8, 4) is 5.75 Å². The molecule has 2 rings (SSSR count). The number of hydrogen-bond acceptors (Lipinski definition) is 3. The van der Waals surface area contributed by atoms with Gasteiger partial charge >= 0.3 is 5.97 Å². The van der Waals surface area contributed by atoms with Crippen LogP contribution in [0, 0.1) is 0 Å². The van der Waals surface area contributed by atoms with Crippen LogP contribution in [-0.2, 0) is 9.59 Å². The summed E-state index contributed by atoms with van der Waals surface area (Å²) in [5, 5.41) is 12.1. The molecule has 0 unspecified atom stereocenters. The second-order valence-corrected chi connectivity index (χ2v) is 5.41. The average Bonchev–Trinajstić information content (AvgIpc) is 2.49. The summed E-state index contributed by atoms with van der Waals surface area (Å²) in [5.41, 5.74) is -1.08. The van der Waals surface area contributed by atoms with Crippen molar-refractivity contribution in [2.45, 2.75) is 44.1 Å². The van der Waals surface area contributed by atoms with E-state index in [1.165, 1.54) is 0 Å². The normalized spacial score (nSPS) is 17.0. The van der Waals surface area contributed by atoms with Crippen molar-refractivity contribution in [3.63, 3.8) is 0 Å². The highest BCUT2D eigenvalue weighted by atomic mass is 16.5. The number of para-hydroxylation sites is 1. The zero-order chi connectivity index (χ0) is 15.1. The van der Waals surface area contributed by atoms with Crippen LogP contribution in [0.1, 0.15) is 38.5 Å². The van der Waals surface area contributed by atoms with Gasteiger partial charge in [0.25, 0.3) is 0 Å². The minimum absolute atomic E-state index is 0.157. The van der Waals surface area contributed by atoms with E-state index >= 15 is 0 Å². The quantitative estimate of drug-likeness (QED) is 0.843. The van der Waals surface area contributed by atoms with E-state index in [2.05, 4.69) is 5.32 Å². The molecule has 0 aromatic heterocycles. The molecule has 0 heterocycles. The standard InChI is InChI=1S/C16H21NO4/c18-14(9-12-21-13-7-3-1-4-8-13)17-16(15(19)20)10-5-2-6-11-16/h1,3-4,7-8H,2,5-6,9-12H2,(H,17,18)(H,19,20). The van der Waals surface area contributed by atoms with Gasteiger partial charge in [-0.05, 0) is 25.0 Å². The highest BCUT2D eigenvalue weighted by molar-refractivity contribution is 5.87. The molecule has 0 saturated heterocycles. The summed E-state index contributed by atoms with van der Waals surface area (Å²) in [7, 11) is 0. The lowest BCUT2D eigenvalue weighted by molar-refractivity contribution is -0.149. The summed E-state index contributed by atoms with van der Waals surface area (Å²) in [6.07, 6.45) is 3.88. The van der Waals surface area contributed by atoms with Gasteiger partial charge < -0.3 is 15.2 Å². The van der Waals surface area contributed by atoms with Crippen LogP contribution in [0.4, 0.5) is 0 Å². The SMILES string of the molecule is O=C(CCOc1ccccc1)NC1(C(=O)O)CCCCC1. The average molecular weight is 291 g/mol. The fraction of sp³-hybridized carbons (Fsp3) is 0.500. The van der Waals surface area contributed by atoms with Gasteiger partial charge in [0.1, 0.15) is 11.3 Å². The topological polar surface area (TPSA) is 75.6 Å². The Balaban J connectivity index is 1.81. The van der Waals surface area contributed by atoms with Crippen molar-refractivity contribution in [2.24, 2.45) is 0 Å². The first-order chi connectivity index (χ1) is 10.1. The third-order valence-electron chi connectivity index (χ3n) is 3.84. The number of hydrogen-bond donors (Lipinski definition) is 2. The number of benzene rings is 1. The van der Waals surface area contributed by atoms with Crippen LogP contribution in [-0.4, -0.2) is 29.1 Å². The Morgan fingerprint density at radius 2 is 1.81 bits per heavy atom. The van der Waals surface area contributed by atoms with E-state index in [0.717, 1.165) is 19.3 Å². The van der Waals surface area contributed by atoms with E-state index in [1.807, 2.05) is 30.3 Å². The lowest BCUT2D eigenvalue weighted by Crippen LogP contribution is -2.55. The molecule has 1 saturated carbocycles. The van der Waals surface area contributed by atoms with E-state index in [1.54, 1.807) is 0 Å². The Bertz CT molecular complexity index is 480. The Hall–Kier alpha value is -2.04. The molecule has 1 fully saturated rings. The van der Waals surface area contributed by atoms with Gasteiger partial charge in [-0.2, -0.15) is 0 Å². The molecule has 5 heteroatoms. The number of aliphatic carboxylic acids is 1. The highest BCUT2D eigenvalue weighted by Gasteiger charge is 2.40. The molecule has 1 aromatic carbocycles. The molecule has 1 aliphatic rings. The van der Waals surface area contributed by atoms with Crippen LogP contribution in [0.5, 0.6) is 5.75 Å². The summed E-state index contributed by atoms with van der Waals surface area (Å²) in [6, 6.07) is 9.24. The van der Waals surface area contributed by atoms with Gasteiger partial charge in [-0.25, -0.2) is 4.79 Å². The number of ether oxygens (including phenoxy) is 1. The second kappa shape index (κ2) is 7.11. The molecule has 114 valence electrons. The van der Waals surface area contributed by atoms with Crippen LogP contribution in [0.25, 0.3) is 0 Å². The summed E-state index contributed by atoms with van der Waals surface area (Å²) < 4.78 is 5.45. The summed E-state index contributed by atoms with van der Waals surface area (Å²) in [6.45, 7) is 0.242. The van der Waals surface area contributed by atoms with Crippen molar-refractivity contribution >= 4 is 11.9 Å². The van der Waals surface area contributed by atoms with Crippen LogP contribution in [0.2, 0.25) is 0 Å². The van der Waals surface area contributed by atoms with E-state index in [-0.39, 0.29) is 18.9 Å². The van der Waals surface area contributed by atoms with Gasteiger partial charge in [-0.15, -0.1) is 0 Å². The molecule has 0 atom stereocenters. The maximum atomic E-state index is 12.0. The number of carbonyl (C=O) groups is 2. The van der Waals surface area contributed by atoms with Crippen LogP contribution < -0.4 is 10.1 Å². The number of carbonyl (C=O) groups excluding carboxylic acids is 1. The maximum Gasteiger partial charge on any atom is 0.329 e. The first kappa shape index (κ1) is 15.4. The summed E-state index contributed by atoms with van der Waals surface area (Å²) >= 11 is 0. The molecule has 0 aliphatic heterocycles. The third-order valence-corrected chi connectivity index (χ3v) is 3.84. The van der Waals surface area contributed by atoms with Crippen LogP contribution in [0.15, 0.2) is 30.3 Å². The van der Waals surface area contributed by atoms with E-state index < -0.39 is 11.5 Å². The molecule has 1 amide bonds. The lowest BCUT2D eigenvalue weighted by Gasteiger charge is -2.33. The predicted octanol–water partition coefficient (Wildman–Crippen LogP) is 2.36. The van der Waals surface area contributed by atoms with Gasteiger partial charge in [-0.1, -0.05) is 37.5 Å². The zero-order valence-corrected chi connectivity index (χ0v) is 12.0. The Kier molecular flexibility index (Phi) is 5.20. The molecule has 0 radical (unpaired) electrons. The van der Waals surface area contributed by atoms with E-state index in [4.69, 9.17) is 4.74 Å². The minimum Gasteiger partial charge on any atom is -0.493 e. The maximum absolute atomic E-state index is 12.0. The van der Waals surface area contributed by atoms with Crippen molar-refractivity contribution in [1.29, 1.82) is 0 Å². The van der Waals surface area contributed by atoms with Crippen LogP contribution in [0.3, 0.4) is 0 Å². The number of nitrogens with one attached hydrogen (secondary N) is 1. The summed E-state index contributed by atoms with van der Waals surface area (Å²) in [4.78, 5) is 23.4. The first-order valence-electron chi connectivity index (χ1n) is 7.35. The van der Waals surface area contributed by atoms with Crippen molar-refractivity contribution < 1.29 is 19.4 Å². The van der Waals surface area contributed by atoms with E-state index in [9.17, 15) is 14.7 Å². The number of carboxylic acids is 1. The molecular formula is C16H21NO4. The van der Waals surface area contributed by atoms with Crippen molar-refractivity contribution in [2.75, 3.05) is 6.61 Å². The number of amides is 1. The largest absolute Gasteiger partial charge is 0.493 e. The zero-order valence-electron chi connectivity index (χ0n) is 12.0. The first-order valence-corrected chi connectivity index (χ1v) is 7.35. The predicted molar refractivity (Wildman–Crippen MR) is 78.1 cm³/mol. The molecule has 0 bridgehead atoms. The lowest BCUT2D eigenvalue weighted by atomic mass is 9.81. The Labute approximate surface area is 124 Å². The summed E-state index contributed by atoms with van der Waals surface area (Å²) in [5.74, 6) is -0.495. The monoisotopic (exact) mass is 291 g/mol. The smallest absolute Gasteiger partial charge is 0.329 e. The van der Waals surface area contributed by atoms with Gasteiger partial charge in [0, 0.05) is 0 Å². The van der Waals surface area contributed by atoms with Crippen molar-refractivity contribution in [1.82, 2.24) is 5.32 Å². The minimum atomic E-state index is -1.08. The molecular weight excluding hydrogens is 270 g/mol. The van der Waals surface area contributed by atoms with Gasteiger partial charge in [-0.3, -0.25) is 4.79 Å². The fourth-order valence-corrected chi connectivity index (χ4v) is 2.66. The highest BCUT2D eigenvalue weighted by Crippen LogP contribution is 2.28. The molecule has 21 heavy (non-hydrogen) atoms. The van der Waals surface area contributed by atoms with Gasteiger partial charge in [0.05, 0.1) is 13.0 Å². The molecule has 1 aliphatic carbocycles. The van der Waals surface area contributed by atoms with Crippen molar-refractivity contribution in [3.05, 3.63) is 30.3 Å². The van der Waals surface area contributed by atoms with Gasteiger partial charge in [0.2, 0.25) is 5.91 Å². The van der Waals surface area contributed by atoms with Crippen LogP contribution >= 0.6 is 0 Å². The molecule has 1 aromatic rings. The fourth-order valence-electron chi connectivity index (χ4n) is 2.66. The van der Waals surface area contributed by atoms with Gasteiger partial charge in [0.15, 0.2) is 0 Å². The Morgan fingerprint density at radius 3 is 2.43 bits per heavy atom. The number of carboxylic acid groups (broad SMARTS) is 1. The second-order valence-electron chi connectivity index (χ2n) is 5.41. The Morgan fingerprint density at radius 1 is 1.14 bits per heavy atom. The number of rotatable bonds is 6. The molecule has 5 nitrogen and oxygen atoms in total.